The summed E-state index contributed by atoms with van der Waals surface area (Å²) < 4.78 is 0. The zero-order valence-corrected chi connectivity index (χ0v) is 19.6. The van der Waals surface area contributed by atoms with Crippen molar-refractivity contribution in [2.24, 2.45) is 0 Å². The maximum absolute atomic E-state index is 14.1. The van der Waals surface area contributed by atoms with Crippen molar-refractivity contribution in [3.8, 4) is 0 Å². The molecular formula is C31H27NO2. The molecule has 168 valence electrons. The fourth-order valence-electron chi connectivity index (χ4n) is 5.94. The molecule has 1 heterocycles. The Bertz CT molecular complexity index is 1510. The first-order chi connectivity index (χ1) is 16.7. The highest BCUT2D eigenvalue weighted by Crippen LogP contribution is 2.44. The molecule has 0 unspecified atom stereocenters. The van der Waals surface area contributed by atoms with Crippen LogP contribution in [0.4, 0.5) is 0 Å². The molecule has 5 aromatic rings. The average Bonchev–Trinajstić information content (AvgIpc) is 3.13. The Balaban J connectivity index is 1.81. The first-order valence-electron chi connectivity index (χ1n) is 12.3. The first kappa shape index (κ1) is 20.9. The molecule has 5 aromatic carbocycles. The number of rotatable bonds is 5. The van der Waals surface area contributed by atoms with E-state index in [9.17, 15) is 9.59 Å². The van der Waals surface area contributed by atoms with Gasteiger partial charge in [0.2, 0.25) is 0 Å². The second-order valence-corrected chi connectivity index (χ2v) is 9.38. The molecule has 0 fully saturated rings. The van der Waals surface area contributed by atoms with Crippen LogP contribution in [0.5, 0.6) is 0 Å². The number of carbonyl (C=O) groups is 2. The molecule has 1 aliphatic rings. The van der Waals surface area contributed by atoms with E-state index in [1.807, 2.05) is 24.3 Å². The van der Waals surface area contributed by atoms with Crippen molar-refractivity contribution in [1.29, 1.82) is 0 Å². The minimum absolute atomic E-state index is 0.0718. The minimum Gasteiger partial charge on any atom is -0.271 e. The number of carbonyl (C=O) groups excluding carboxylic acids is 2. The molecule has 34 heavy (non-hydrogen) atoms. The maximum atomic E-state index is 14.1. The molecule has 1 aliphatic heterocycles. The molecule has 0 saturated carbocycles. The summed E-state index contributed by atoms with van der Waals surface area (Å²) in [4.78, 5) is 29.9. The van der Waals surface area contributed by atoms with Crippen LogP contribution in [0.25, 0.3) is 43.1 Å². The second-order valence-electron chi connectivity index (χ2n) is 9.38. The van der Waals surface area contributed by atoms with Gasteiger partial charge in [0.1, 0.15) is 0 Å². The predicted molar refractivity (Wildman–Crippen MR) is 141 cm³/mol. The summed E-state index contributed by atoms with van der Waals surface area (Å²) in [6.07, 6.45) is 3.53. The third-order valence-electron chi connectivity index (χ3n) is 7.37. The fraction of sp³-hybridized carbons (Fsp3) is 0.226. The van der Waals surface area contributed by atoms with Crippen molar-refractivity contribution in [2.75, 3.05) is 0 Å². The van der Waals surface area contributed by atoms with Crippen LogP contribution in [0, 0.1) is 0 Å². The van der Waals surface area contributed by atoms with Crippen LogP contribution >= 0.6 is 0 Å². The largest absolute Gasteiger partial charge is 0.271 e. The molecule has 0 aromatic heterocycles. The van der Waals surface area contributed by atoms with Crippen molar-refractivity contribution < 1.29 is 9.59 Å². The molecule has 0 aliphatic carbocycles. The Labute approximate surface area is 199 Å². The highest BCUT2D eigenvalue weighted by Gasteiger charge is 2.42. The summed E-state index contributed by atoms with van der Waals surface area (Å²) >= 11 is 0. The van der Waals surface area contributed by atoms with Gasteiger partial charge in [0, 0.05) is 16.8 Å². The van der Waals surface area contributed by atoms with Crippen molar-refractivity contribution in [2.45, 2.75) is 45.6 Å². The van der Waals surface area contributed by atoms with Crippen LogP contribution < -0.4 is 0 Å². The topological polar surface area (TPSA) is 37.4 Å². The van der Waals surface area contributed by atoms with E-state index in [2.05, 4.69) is 62.4 Å². The lowest BCUT2D eigenvalue weighted by Crippen LogP contribution is -2.39. The van der Waals surface area contributed by atoms with Gasteiger partial charge in [-0.3, -0.25) is 14.5 Å². The van der Waals surface area contributed by atoms with E-state index >= 15 is 0 Å². The Morgan fingerprint density at radius 2 is 1.03 bits per heavy atom. The molecule has 2 amide bonds. The lowest BCUT2D eigenvalue weighted by Gasteiger charge is -2.25. The van der Waals surface area contributed by atoms with E-state index in [4.69, 9.17) is 0 Å². The van der Waals surface area contributed by atoms with Gasteiger partial charge in [0.25, 0.3) is 11.8 Å². The van der Waals surface area contributed by atoms with Crippen LogP contribution in [0.2, 0.25) is 0 Å². The van der Waals surface area contributed by atoms with Crippen LogP contribution in [0.1, 0.15) is 60.2 Å². The zero-order valence-electron chi connectivity index (χ0n) is 19.6. The van der Waals surface area contributed by atoms with Gasteiger partial charge in [-0.05, 0) is 45.2 Å². The number of benzene rings is 5. The van der Waals surface area contributed by atoms with Gasteiger partial charge >= 0.3 is 0 Å². The van der Waals surface area contributed by atoms with E-state index in [0.717, 1.165) is 68.8 Å². The number of hydrogen-bond acceptors (Lipinski definition) is 2. The predicted octanol–water partition coefficient (Wildman–Crippen LogP) is 7.86. The van der Waals surface area contributed by atoms with E-state index < -0.39 is 0 Å². The van der Waals surface area contributed by atoms with Crippen LogP contribution in [-0.2, 0) is 0 Å². The average molecular weight is 446 g/mol. The molecule has 6 rings (SSSR count). The van der Waals surface area contributed by atoms with Gasteiger partial charge in [-0.15, -0.1) is 0 Å². The Hall–Kier alpha value is -3.72. The third kappa shape index (κ3) is 2.83. The molecular weight excluding hydrogens is 418 g/mol. The monoisotopic (exact) mass is 445 g/mol. The first-order valence-corrected chi connectivity index (χ1v) is 12.3. The normalized spacial score (nSPS) is 13.8. The van der Waals surface area contributed by atoms with Crippen molar-refractivity contribution in [1.82, 2.24) is 4.90 Å². The van der Waals surface area contributed by atoms with E-state index in [-0.39, 0.29) is 17.9 Å². The summed E-state index contributed by atoms with van der Waals surface area (Å²) in [5.74, 6) is -0.272. The van der Waals surface area contributed by atoms with Crippen LogP contribution in [0.15, 0.2) is 72.8 Å². The van der Waals surface area contributed by atoms with Gasteiger partial charge in [-0.25, -0.2) is 0 Å². The van der Waals surface area contributed by atoms with Crippen molar-refractivity contribution in [3.63, 3.8) is 0 Å². The fourth-order valence-corrected chi connectivity index (χ4v) is 5.94. The molecule has 0 saturated heterocycles. The molecule has 0 atom stereocenters. The Kier molecular flexibility index (Phi) is 4.88. The summed E-state index contributed by atoms with van der Waals surface area (Å²) in [7, 11) is 0. The highest BCUT2D eigenvalue weighted by molar-refractivity contribution is 6.39. The number of nitrogens with zero attached hydrogens (tertiary/aromatic N) is 1. The molecule has 0 radical (unpaired) electrons. The van der Waals surface area contributed by atoms with Crippen molar-refractivity contribution >= 4 is 54.9 Å². The SMILES string of the molecule is CCCC(CCC)N1C(=O)c2c(c3c4ccccc4ccc3c3ccc4ccccc4c23)C1=O. The summed E-state index contributed by atoms with van der Waals surface area (Å²) in [5.41, 5.74) is 1.16. The molecule has 0 bridgehead atoms. The minimum atomic E-state index is -0.136. The Morgan fingerprint density at radius 1 is 0.588 bits per heavy atom. The third-order valence-corrected chi connectivity index (χ3v) is 7.37. The van der Waals surface area contributed by atoms with Crippen LogP contribution in [-0.4, -0.2) is 22.8 Å². The van der Waals surface area contributed by atoms with Gasteiger partial charge < -0.3 is 0 Å². The van der Waals surface area contributed by atoms with E-state index in [0.29, 0.717) is 11.1 Å². The van der Waals surface area contributed by atoms with Crippen molar-refractivity contribution in [3.05, 3.63) is 83.9 Å². The number of imide groups is 1. The lowest BCUT2D eigenvalue weighted by atomic mass is 9.87. The maximum Gasteiger partial charge on any atom is 0.262 e. The number of amides is 2. The van der Waals surface area contributed by atoms with E-state index in [1.54, 1.807) is 4.90 Å². The van der Waals surface area contributed by atoms with Gasteiger partial charge in [-0.2, -0.15) is 0 Å². The molecule has 0 N–H and O–H groups in total. The second kappa shape index (κ2) is 7.95. The van der Waals surface area contributed by atoms with Gasteiger partial charge in [-0.1, -0.05) is 99.5 Å². The summed E-state index contributed by atoms with van der Waals surface area (Å²) in [6, 6.07) is 24.7. The summed E-state index contributed by atoms with van der Waals surface area (Å²) in [5, 5.41) is 8.08. The summed E-state index contributed by atoms with van der Waals surface area (Å²) in [6.45, 7) is 4.24. The highest BCUT2D eigenvalue weighted by atomic mass is 16.2. The Morgan fingerprint density at radius 3 is 1.47 bits per heavy atom. The van der Waals surface area contributed by atoms with E-state index in [1.165, 1.54) is 0 Å². The van der Waals surface area contributed by atoms with Crippen LogP contribution in [0.3, 0.4) is 0 Å². The molecule has 0 spiro atoms. The smallest absolute Gasteiger partial charge is 0.262 e. The van der Waals surface area contributed by atoms with Gasteiger partial charge in [0.05, 0.1) is 11.1 Å². The molecule has 3 heteroatoms. The number of fused-ring (bicyclic) bond motifs is 10. The lowest BCUT2D eigenvalue weighted by molar-refractivity contribution is 0.0568. The molecule has 3 nitrogen and oxygen atoms in total. The zero-order chi connectivity index (χ0) is 23.4. The standard InChI is InChI=1S/C31H27NO2/c1-3-9-21(10-4-2)32-30(33)28-26-22-13-7-5-11-19(22)15-17-24(26)25-18-16-20-12-6-8-14-23(20)27(25)29(28)31(32)34/h5-8,11-18,21H,3-4,9-10H2,1-2H3. The quantitative estimate of drug-likeness (QED) is 0.204. The van der Waals surface area contributed by atoms with Gasteiger partial charge in [0.15, 0.2) is 0 Å². The number of hydrogen-bond donors (Lipinski definition) is 0.